The summed E-state index contributed by atoms with van der Waals surface area (Å²) in [5.74, 6) is 1.74. The second-order valence-corrected chi connectivity index (χ2v) is 20.5. The van der Waals surface area contributed by atoms with Crippen LogP contribution >= 0.6 is 18.7 Å². The third-order valence-corrected chi connectivity index (χ3v) is 14.3. The molecular formula is C47H50ClN8O6P. The summed E-state index contributed by atoms with van der Waals surface area (Å²) in [6.45, 7) is 9.38. The van der Waals surface area contributed by atoms with Crippen LogP contribution < -0.4 is 35.6 Å². The lowest BCUT2D eigenvalue weighted by molar-refractivity contribution is -0.136. The van der Waals surface area contributed by atoms with Crippen LogP contribution in [0.4, 0.5) is 28.8 Å². The third kappa shape index (κ3) is 8.59. The Morgan fingerprint density at radius 3 is 2.44 bits per heavy atom. The molecule has 63 heavy (non-hydrogen) atoms. The number of benzene rings is 4. The lowest BCUT2D eigenvalue weighted by Gasteiger charge is -2.38. The zero-order valence-electron chi connectivity index (χ0n) is 35.7. The first-order valence-corrected chi connectivity index (χ1v) is 24.3. The van der Waals surface area contributed by atoms with Crippen molar-refractivity contribution in [1.29, 1.82) is 0 Å². The Labute approximate surface area is 371 Å². The van der Waals surface area contributed by atoms with Gasteiger partial charge in [-0.25, -0.2) is 4.98 Å². The van der Waals surface area contributed by atoms with Gasteiger partial charge in [0.15, 0.2) is 5.82 Å². The molecule has 3 amide bonds. The van der Waals surface area contributed by atoms with Gasteiger partial charge in [0.25, 0.3) is 5.91 Å². The fourth-order valence-electron chi connectivity index (χ4n) is 9.24. The number of carbonyl (C=O) groups excluding carboxylic acids is 3. The van der Waals surface area contributed by atoms with Gasteiger partial charge in [0.1, 0.15) is 35.5 Å². The highest BCUT2D eigenvalue weighted by atomic mass is 35.5. The average Bonchev–Trinajstić information content (AvgIpc) is 3.85. The average molecular weight is 889 g/mol. The molecule has 0 unspecified atom stereocenters. The minimum absolute atomic E-state index is 0.207. The molecule has 5 aromatic rings. The van der Waals surface area contributed by atoms with Crippen molar-refractivity contribution < 1.29 is 28.4 Å². The highest BCUT2D eigenvalue weighted by Crippen LogP contribution is 2.41. The standard InChI is InChI=1S/C47H50ClN8O6P/c1-5-28-22-37(51-47-49-24-35(48)44(53-47)50-36-10-6-7-12-42(36)63(3,4)60)41(61-2)23-39(28)54-19-17-31(18-20-54)55-25-29-13-14-32(21-30(29)26-55)62-40-11-8-9-33-34(40)27-56(46(33)59)38-15-16-43(57)52-45(38)58/h6-14,21-24,31,38H,5,15-20,25-27H2,1-4H3,(H,52,57,58)(H2,49,50,51,53)/t38-/m1/s1. The van der Waals surface area contributed by atoms with Crippen molar-refractivity contribution in [2.24, 2.45) is 0 Å². The molecule has 0 spiro atoms. The number of imide groups is 1. The normalized spacial score (nSPS) is 18.0. The Morgan fingerprint density at radius 2 is 1.68 bits per heavy atom. The van der Waals surface area contributed by atoms with E-state index in [1.807, 2.05) is 36.4 Å². The predicted molar refractivity (Wildman–Crippen MR) is 245 cm³/mol. The lowest BCUT2D eigenvalue weighted by atomic mass is 10.00. The van der Waals surface area contributed by atoms with Crippen LogP contribution in [0, 0.1) is 0 Å². The smallest absolute Gasteiger partial charge is 0.255 e. The van der Waals surface area contributed by atoms with Crippen LogP contribution in [0.3, 0.4) is 0 Å². The maximum atomic E-state index is 13.4. The van der Waals surface area contributed by atoms with E-state index in [0.29, 0.717) is 63.1 Å². The van der Waals surface area contributed by atoms with Gasteiger partial charge in [-0.3, -0.25) is 24.6 Å². The molecule has 4 aliphatic rings. The van der Waals surface area contributed by atoms with E-state index < -0.39 is 19.1 Å². The fourth-order valence-corrected chi connectivity index (χ4v) is 10.5. The Balaban J connectivity index is 0.838. The quantitative estimate of drug-likeness (QED) is 0.0821. The molecule has 16 heteroatoms. The summed E-state index contributed by atoms with van der Waals surface area (Å²) in [6.07, 6.45) is 4.90. The number of hydrogen-bond acceptors (Lipinski definition) is 12. The first kappa shape index (κ1) is 42.4. The molecule has 0 aliphatic carbocycles. The summed E-state index contributed by atoms with van der Waals surface area (Å²) in [5, 5.41) is 10.0. The number of fused-ring (bicyclic) bond motifs is 2. The van der Waals surface area contributed by atoms with Crippen LogP contribution in [-0.4, -0.2) is 83.1 Å². The van der Waals surface area contributed by atoms with Crippen LogP contribution in [-0.2, 0) is 40.2 Å². The number of para-hydroxylation sites is 1. The van der Waals surface area contributed by atoms with Crippen molar-refractivity contribution in [3.63, 3.8) is 0 Å². The molecule has 5 heterocycles. The van der Waals surface area contributed by atoms with Crippen molar-refractivity contribution in [2.75, 3.05) is 49.1 Å². The summed E-state index contributed by atoms with van der Waals surface area (Å²) in [7, 11) is -0.906. The second kappa shape index (κ2) is 17.3. The minimum Gasteiger partial charge on any atom is -0.494 e. The molecule has 2 saturated heterocycles. The number of carbonyl (C=O) groups is 3. The maximum Gasteiger partial charge on any atom is 0.255 e. The third-order valence-electron chi connectivity index (χ3n) is 12.5. The van der Waals surface area contributed by atoms with Crippen molar-refractivity contribution >= 4 is 70.6 Å². The number of amides is 3. The van der Waals surface area contributed by atoms with Gasteiger partial charge < -0.3 is 34.5 Å². The molecule has 326 valence electrons. The highest BCUT2D eigenvalue weighted by molar-refractivity contribution is 7.70. The van der Waals surface area contributed by atoms with Gasteiger partial charge in [-0.1, -0.05) is 42.8 Å². The number of methoxy groups -OCH3 is 1. The molecule has 0 saturated carbocycles. The second-order valence-electron chi connectivity index (χ2n) is 16.9. The predicted octanol–water partition coefficient (Wildman–Crippen LogP) is 7.97. The summed E-state index contributed by atoms with van der Waals surface area (Å²) < 4.78 is 25.4. The van der Waals surface area contributed by atoms with Crippen LogP contribution in [0.2, 0.25) is 5.02 Å². The van der Waals surface area contributed by atoms with Crippen LogP contribution in [0.25, 0.3) is 0 Å². The number of ether oxygens (including phenoxy) is 2. The van der Waals surface area contributed by atoms with Crippen LogP contribution in [0.5, 0.6) is 17.2 Å². The van der Waals surface area contributed by atoms with Gasteiger partial charge in [0.2, 0.25) is 17.8 Å². The summed E-state index contributed by atoms with van der Waals surface area (Å²) in [4.78, 5) is 53.4. The number of aryl methyl sites for hydroxylation is 1. The Bertz CT molecular complexity index is 2680. The van der Waals surface area contributed by atoms with Gasteiger partial charge in [-0.05, 0) is 98.2 Å². The van der Waals surface area contributed by atoms with Gasteiger partial charge >= 0.3 is 0 Å². The topological polar surface area (TPSA) is 158 Å². The van der Waals surface area contributed by atoms with E-state index in [1.54, 1.807) is 37.5 Å². The summed E-state index contributed by atoms with van der Waals surface area (Å²) in [5.41, 5.74) is 7.54. The molecular weight excluding hydrogens is 839 g/mol. The molecule has 4 aromatic carbocycles. The molecule has 0 bridgehead atoms. The number of rotatable bonds is 12. The Kier molecular flexibility index (Phi) is 11.6. The monoisotopic (exact) mass is 888 g/mol. The highest BCUT2D eigenvalue weighted by Gasteiger charge is 2.40. The van der Waals surface area contributed by atoms with Crippen molar-refractivity contribution in [3.05, 3.63) is 112 Å². The molecule has 1 atom stereocenters. The molecule has 2 fully saturated rings. The van der Waals surface area contributed by atoms with E-state index in [9.17, 15) is 18.9 Å². The summed E-state index contributed by atoms with van der Waals surface area (Å²) in [6, 6.07) is 23.1. The SMILES string of the molecule is CCc1cc(Nc2ncc(Cl)c(Nc3ccccc3P(C)(C)=O)n2)c(OC)cc1N1CCC(N2Cc3ccc(Oc4cccc5c4CN([C@@H]4CCC(=O)NC4=O)C5=O)cc3C2)CC1. The molecule has 9 rings (SSSR count). The number of nitrogens with one attached hydrogen (secondary N) is 3. The van der Waals surface area contributed by atoms with Gasteiger partial charge in [0, 0.05) is 66.8 Å². The molecule has 1 aromatic heterocycles. The Hall–Kier alpha value is -5.95. The van der Waals surface area contributed by atoms with Crippen LogP contribution in [0.15, 0.2) is 79.0 Å². The van der Waals surface area contributed by atoms with Crippen LogP contribution in [0.1, 0.15) is 65.2 Å². The van der Waals surface area contributed by atoms with E-state index in [0.717, 1.165) is 62.4 Å². The minimum atomic E-state index is -2.57. The lowest BCUT2D eigenvalue weighted by Crippen LogP contribution is -2.52. The van der Waals surface area contributed by atoms with E-state index >= 15 is 0 Å². The molecule has 4 aliphatic heterocycles. The molecule has 3 N–H and O–H groups in total. The van der Waals surface area contributed by atoms with Gasteiger partial charge in [-0.2, -0.15) is 4.98 Å². The van der Waals surface area contributed by atoms with E-state index in [4.69, 9.17) is 21.1 Å². The van der Waals surface area contributed by atoms with E-state index in [2.05, 4.69) is 66.9 Å². The van der Waals surface area contributed by atoms with Gasteiger partial charge in [-0.15, -0.1) is 0 Å². The summed E-state index contributed by atoms with van der Waals surface area (Å²) >= 11 is 6.54. The fraction of sp³-hybridized carbons (Fsp3) is 0.340. The zero-order chi connectivity index (χ0) is 44.0. The number of nitrogens with zero attached hydrogens (tertiary/aromatic N) is 5. The van der Waals surface area contributed by atoms with Crippen molar-refractivity contribution in [2.45, 2.75) is 70.7 Å². The molecule has 14 nitrogen and oxygen atoms in total. The van der Waals surface area contributed by atoms with E-state index in [1.165, 1.54) is 22.9 Å². The van der Waals surface area contributed by atoms with Gasteiger partial charge in [0.05, 0.1) is 31.2 Å². The first-order chi connectivity index (χ1) is 30.4. The number of anilines is 5. The van der Waals surface area contributed by atoms with E-state index in [-0.39, 0.29) is 24.8 Å². The molecule has 0 radical (unpaired) electrons. The number of halogens is 1. The van der Waals surface area contributed by atoms with Crippen molar-refractivity contribution in [1.82, 2.24) is 25.1 Å². The Morgan fingerprint density at radius 1 is 0.889 bits per heavy atom. The number of piperidine rings is 2. The zero-order valence-corrected chi connectivity index (χ0v) is 37.4. The number of hydrogen-bond donors (Lipinski definition) is 3. The van der Waals surface area contributed by atoms with Crippen molar-refractivity contribution in [3.8, 4) is 17.2 Å². The number of aromatic nitrogens is 2. The largest absolute Gasteiger partial charge is 0.494 e. The first-order valence-electron chi connectivity index (χ1n) is 21.3. The maximum absolute atomic E-state index is 13.4.